The molecule has 2 aliphatic rings. The standard InChI is InChI=1S/C14H26N2O2/c1-3-11-7-13(15-14(17)18-2)10-16(8-11)9-12-5-4-6-12/h11-13H,3-10H2,1-2H3,(H,15,17). The molecule has 0 spiro atoms. The molecule has 0 aromatic carbocycles. The Morgan fingerprint density at radius 3 is 2.67 bits per heavy atom. The van der Waals surface area contributed by atoms with Crippen molar-refractivity contribution in [3.05, 3.63) is 0 Å². The summed E-state index contributed by atoms with van der Waals surface area (Å²) in [4.78, 5) is 13.9. The Hall–Kier alpha value is -0.770. The highest BCUT2D eigenvalue weighted by molar-refractivity contribution is 5.67. The third kappa shape index (κ3) is 3.61. The second kappa shape index (κ2) is 6.41. The van der Waals surface area contributed by atoms with Crippen molar-refractivity contribution in [2.45, 2.75) is 45.1 Å². The van der Waals surface area contributed by atoms with Crippen LogP contribution in [0.2, 0.25) is 0 Å². The van der Waals surface area contributed by atoms with Crippen LogP contribution in [0.5, 0.6) is 0 Å². The molecule has 1 saturated heterocycles. The van der Waals surface area contributed by atoms with Gasteiger partial charge in [-0.05, 0) is 31.1 Å². The zero-order valence-electron chi connectivity index (χ0n) is 11.7. The highest BCUT2D eigenvalue weighted by Crippen LogP contribution is 2.29. The summed E-state index contributed by atoms with van der Waals surface area (Å²) in [5.74, 6) is 1.61. The van der Waals surface area contributed by atoms with Crippen LogP contribution >= 0.6 is 0 Å². The molecule has 2 atom stereocenters. The van der Waals surface area contributed by atoms with Crippen LogP contribution < -0.4 is 5.32 Å². The summed E-state index contributed by atoms with van der Waals surface area (Å²) in [6, 6.07) is 0.260. The Morgan fingerprint density at radius 2 is 2.11 bits per heavy atom. The number of alkyl carbamates (subject to hydrolysis) is 1. The molecule has 4 nitrogen and oxygen atoms in total. The number of piperidine rings is 1. The molecule has 2 unspecified atom stereocenters. The lowest BCUT2D eigenvalue weighted by Crippen LogP contribution is -2.52. The zero-order valence-corrected chi connectivity index (χ0v) is 11.7. The molecule has 1 amide bonds. The molecule has 2 fully saturated rings. The van der Waals surface area contributed by atoms with E-state index in [2.05, 4.69) is 17.1 Å². The van der Waals surface area contributed by atoms with Crippen LogP contribution in [0, 0.1) is 11.8 Å². The Labute approximate surface area is 110 Å². The van der Waals surface area contributed by atoms with Gasteiger partial charge in [0.1, 0.15) is 0 Å². The number of nitrogens with one attached hydrogen (secondary N) is 1. The SMILES string of the molecule is CCC1CC(NC(=O)OC)CN(CC2CCC2)C1. The summed E-state index contributed by atoms with van der Waals surface area (Å²) in [5.41, 5.74) is 0. The highest BCUT2D eigenvalue weighted by atomic mass is 16.5. The molecule has 1 heterocycles. The Kier molecular flexibility index (Phi) is 4.87. The topological polar surface area (TPSA) is 41.6 Å². The number of ether oxygens (including phenoxy) is 1. The fourth-order valence-corrected chi connectivity index (χ4v) is 3.12. The molecular weight excluding hydrogens is 228 g/mol. The van der Waals surface area contributed by atoms with E-state index in [0.717, 1.165) is 18.9 Å². The zero-order chi connectivity index (χ0) is 13.0. The minimum absolute atomic E-state index is 0.260. The number of nitrogens with zero attached hydrogens (tertiary/aromatic N) is 1. The summed E-state index contributed by atoms with van der Waals surface area (Å²) < 4.78 is 4.70. The number of amides is 1. The Morgan fingerprint density at radius 1 is 1.33 bits per heavy atom. The molecule has 0 radical (unpaired) electrons. The molecule has 1 aliphatic carbocycles. The van der Waals surface area contributed by atoms with E-state index >= 15 is 0 Å². The van der Waals surface area contributed by atoms with E-state index in [1.54, 1.807) is 0 Å². The Bertz CT molecular complexity index is 277. The molecule has 0 aromatic rings. The van der Waals surface area contributed by atoms with Crippen LogP contribution in [-0.4, -0.2) is 43.8 Å². The number of likely N-dealkylation sites (tertiary alicyclic amines) is 1. The minimum atomic E-state index is -0.291. The van der Waals surface area contributed by atoms with Gasteiger partial charge in [-0.3, -0.25) is 0 Å². The summed E-state index contributed by atoms with van der Waals surface area (Å²) >= 11 is 0. The van der Waals surface area contributed by atoms with Crippen molar-refractivity contribution in [2.75, 3.05) is 26.7 Å². The lowest BCUT2D eigenvalue weighted by molar-refractivity contribution is 0.0955. The van der Waals surface area contributed by atoms with Gasteiger partial charge in [0.15, 0.2) is 0 Å². The summed E-state index contributed by atoms with van der Waals surface area (Å²) in [6.07, 6.45) is 6.18. The van der Waals surface area contributed by atoms with Crippen LogP contribution in [-0.2, 0) is 4.74 Å². The largest absolute Gasteiger partial charge is 0.453 e. The maximum atomic E-state index is 11.3. The monoisotopic (exact) mass is 254 g/mol. The van der Waals surface area contributed by atoms with Crippen LogP contribution in [0.3, 0.4) is 0 Å². The minimum Gasteiger partial charge on any atom is -0.453 e. The maximum Gasteiger partial charge on any atom is 0.407 e. The molecule has 0 bridgehead atoms. The van der Waals surface area contributed by atoms with Crippen LogP contribution in [0.4, 0.5) is 4.79 Å². The van der Waals surface area contributed by atoms with Gasteiger partial charge >= 0.3 is 6.09 Å². The average Bonchev–Trinajstić information content (AvgIpc) is 2.33. The smallest absolute Gasteiger partial charge is 0.407 e. The third-order valence-corrected chi connectivity index (χ3v) is 4.44. The first-order chi connectivity index (χ1) is 8.71. The molecule has 0 aromatic heterocycles. The van der Waals surface area contributed by atoms with Gasteiger partial charge in [0, 0.05) is 25.7 Å². The lowest BCUT2D eigenvalue weighted by Gasteiger charge is -2.40. The van der Waals surface area contributed by atoms with Crippen molar-refractivity contribution >= 4 is 6.09 Å². The summed E-state index contributed by atoms with van der Waals surface area (Å²) in [6.45, 7) is 5.65. The number of rotatable bonds is 4. The second-order valence-corrected chi connectivity index (χ2v) is 5.86. The van der Waals surface area contributed by atoms with Gasteiger partial charge in [0.05, 0.1) is 7.11 Å². The fraction of sp³-hybridized carbons (Fsp3) is 0.929. The number of carbonyl (C=O) groups excluding carboxylic acids is 1. The molecule has 4 heteroatoms. The summed E-state index contributed by atoms with van der Waals surface area (Å²) in [7, 11) is 1.43. The summed E-state index contributed by atoms with van der Waals surface area (Å²) in [5, 5.41) is 2.97. The van der Waals surface area contributed by atoms with E-state index in [0.29, 0.717) is 5.92 Å². The first kappa shape index (κ1) is 13.7. The van der Waals surface area contributed by atoms with Crippen molar-refractivity contribution in [1.29, 1.82) is 0 Å². The number of hydrogen-bond donors (Lipinski definition) is 1. The number of hydrogen-bond acceptors (Lipinski definition) is 3. The normalized spacial score (nSPS) is 29.7. The van der Waals surface area contributed by atoms with E-state index in [9.17, 15) is 4.79 Å². The van der Waals surface area contributed by atoms with Gasteiger partial charge in [-0.25, -0.2) is 4.79 Å². The van der Waals surface area contributed by atoms with E-state index < -0.39 is 0 Å². The second-order valence-electron chi connectivity index (χ2n) is 5.86. The molecule has 2 rings (SSSR count). The van der Waals surface area contributed by atoms with Gasteiger partial charge in [0.2, 0.25) is 0 Å². The van der Waals surface area contributed by atoms with Gasteiger partial charge < -0.3 is 15.0 Å². The average molecular weight is 254 g/mol. The third-order valence-electron chi connectivity index (χ3n) is 4.44. The fourth-order valence-electron chi connectivity index (χ4n) is 3.12. The highest BCUT2D eigenvalue weighted by Gasteiger charge is 2.30. The van der Waals surface area contributed by atoms with Crippen molar-refractivity contribution in [3.63, 3.8) is 0 Å². The molecular formula is C14H26N2O2. The molecule has 1 saturated carbocycles. The Balaban J connectivity index is 1.84. The molecule has 18 heavy (non-hydrogen) atoms. The van der Waals surface area contributed by atoms with Crippen molar-refractivity contribution in [2.24, 2.45) is 11.8 Å². The number of methoxy groups -OCH3 is 1. The van der Waals surface area contributed by atoms with Crippen molar-refractivity contribution in [1.82, 2.24) is 10.2 Å². The van der Waals surface area contributed by atoms with Gasteiger partial charge in [-0.1, -0.05) is 19.8 Å². The van der Waals surface area contributed by atoms with Crippen molar-refractivity contribution in [3.8, 4) is 0 Å². The predicted octanol–water partition coefficient (Wildman–Crippen LogP) is 2.24. The van der Waals surface area contributed by atoms with Gasteiger partial charge in [-0.2, -0.15) is 0 Å². The van der Waals surface area contributed by atoms with E-state index in [-0.39, 0.29) is 12.1 Å². The quantitative estimate of drug-likeness (QED) is 0.836. The van der Waals surface area contributed by atoms with E-state index in [4.69, 9.17) is 4.74 Å². The van der Waals surface area contributed by atoms with Crippen LogP contribution in [0.1, 0.15) is 39.0 Å². The first-order valence-corrected chi connectivity index (χ1v) is 7.28. The molecule has 104 valence electrons. The predicted molar refractivity (Wildman–Crippen MR) is 71.5 cm³/mol. The molecule has 1 N–H and O–H groups in total. The van der Waals surface area contributed by atoms with E-state index in [1.165, 1.54) is 45.9 Å². The van der Waals surface area contributed by atoms with Gasteiger partial charge in [0.25, 0.3) is 0 Å². The first-order valence-electron chi connectivity index (χ1n) is 7.28. The van der Waals surface area contributed by atoms with Crippen LogP contribution in [0.25, 0.3) is 0 Å². The molecule has 1 aliphatic heterocycles. The number of carbonyl (C=O) groups is 1. The lowest BCUT2D eigenvalue weighted by atomic mass is 9.83. The van der Waals surface area contributed by atoms with Crippen molar-refractivity contribution < 1.29 is 9.53 Å². The van der Waals surface area contributed by atoms with Crippen LogP contribution in [0.15, 0.2) is 0 Å². The van der Waals surface area contributed by atoms with E-state index in [1.807, 2.05) is 0 Å². The maximum absolute atomic E-state index is 11.3. The van der Waals surface area contributed by atoms with Gasteiger partial charge in [-0.15, -0.1) is 0 Å².